The molecule has 0 aliphatic heterocycles. The van der Waals surface area contributed by atoms with Crippen LogP contribution in [-0.4, -0.2) is 0 Å². The van der Waals surface area contributed by atoms with Crippen LogP contribution >= 0.6 is 0 Å². The second-order valence-corrected chi connectivity index (χ2v) is 3.53. The highest BCUT2D eigenvalue weighted by Crippen LogP contribution is 2.42. The van der Waals surface area contributed by atoms with Crippen LogP contribution in [0.1, 0.15) is 35.4 Å². The van der Waals surface area contributed by atoms with Gasteiger partial charge in [0, 0.05) is 0 Å². The van der Waals surface area contributed by atoms with Gasteiger partial charge < -0.3 is 0 Å². The number of hydrogen-bond acceptors (Lipinski definition) is 0. The average molecular weight is 170 g/mol. The molecule has 0 saturated heterocycles. The van der Waals surface area contributed by atoms with E-state index in [-0.39, 0.29) is 0 Å². The van der Waals surface area contributed by atoms with Gasteiger partial charge in [0.25, 0.3) is 0 Å². The maximum absolute atomic E-state index is 3.86. The minimum Gasteiger partial charge on any atom is -0.0984 e. The van der Waals surface area contributed by atoms with Crippen LogP contribution in [0.5, 0.6) is 0 Å². The third-order valence-corrected chi connectivity index (χ3v) is 2.61. The molecule has 1 aliphatic carbocycles. The highest BCUT2D eigenvalue weighted by atomic mass is 14.3. The zero-order valence-corrected chi connectivity index (χ0v) is 7.79. The fourth-order valence-corrected chi connectivity index (χ4v) is 1.77. The van der Waals surface area contributed by atoms with Crippen molar-refractivity contribution in [3.63, 3.8) is 0 Å². The molecule has 1 aromatic rings. The van der Waals surface area contributed by atoms with Gasteiger partial charge in [-0.2, -0.15) is 0 Å². The van der Waals surface area contributed by atoms with Crippen LogP contribution in [-0.2, 0) is 0 Å². The monoisotopic (exact) mass is 170 g/mol. The van der Waals surface area contributed by atoms with Gasteiger partial charge in [0.05, 0.1) is 0 Å². The molecule has 0 spiro atoms. The van der Waals surface area contributed by atoms with Crippen LogP contribution in [0.25, 0.3) is 12.2 Å². The zero-order chi connectivity index (χ0) is 9.26. The Morgan fingerprint density at radius 1 is 1.15 bits per heavy atom. The van der Waals surface area contributed by atoms with E-state index in [1.165, 1.54) is 29.5 Å². The van der Waals surface area contributed by atoms with Crippen molar-refractivity contribution in [2.75, 3.05) is 0 Å². The zero-order valence-electron chi connectivity index (χ0n) is 7.79. The predicted molar refractivity (Wildman–Crippen MR) is 58.6 cm³/mol. The first-order chi connectivity index (χ1) is 6.36. The van der Waals surface area contributed by atoms with E-state index < -0.39 is 0 Å². The average Bonchev–Trinajstić information content (AvgIpc) is 2.99. The van der Waals surface area contributed by atoms with Crippen molar-refractivity contribution < 1.29 is 0 Å². The van der Waals surface area contributed by atoms with Gasteiger partial charge in [0.2, 0.25) is 0 Å². The molecule has 0 atom stereocenters. The quantitative estimate of drug-likeness (QED) is 0.646. The molecule has 1 aliphatic rings. The summed E-state index contributed by atoms with van der Waals surface area (Å²) < 4.78 is 0. The molecule has 1 fully saturated rings. The second kappa shape index (κ2) is 3.21. The van der Waals surface area contributed by atoms with E-state index in [2.05, 4.69) is 31.4 Å². The fraction of sp³-hybridized carbons (Fsp3) is 0.231. The lowest BCUT2D eigenvalue weighted by molar-refractivity contribution is 1.12. The molecule has 0 heteroatoms. The highest BCUT2D eigenvalue weighted by molar-refractivity contribution is 5.67. The van der Waals surface area contributed by atoms with Crippen molar-refractivity contribution in [2.45, 2.75) is 18.8 Å². The predicted octanol–water partition coefficient (Wildman–Crippen LogP) is 3.85. The standard InChI is InChI=1S/C13H14/c1-3-10-6-5-7-13(11-8-9-11)12(10)4-2/h3-7,11H,1-2,8-9H2. The molecule has 0 nitrogen and oxygen atoms in total. The Labute approximate surface area is 79.6 Å². The van der Waals surface area contributed by atoms with E-state index in [9.17, 15) is 0 Å². The molecule has 66 valence electrons. The van der Waals surface area contributed by atoms with Gasteiger partial charge in [0.1, 0.15) is 0 Å². The largest absolute Gasteiger partial charge is 0.0984 e. The Morgan fingerprint density at radius 2 is 1.92 bits per heavy atom. The number of rotatable bonds is 3. The van der Waals surface area contributed by atoms with E-state index in [0.717, 1.165) is 5.92 Å². The van der Waals surface area contributed by atoms with Crippen LogP contribution in [0.15, 0.2) is 31.4 Å². The molecule has 0 aromatic heterocycles. The SMILES string of the molecule is C=Cc1cccc(C2CC2)c1C=C. The Kier molecular flexibility index (Phi) is 2.05. The topological polar surface area (TPSA) is 0 Å². The minimum atomic E-state index is 0.785. The Balaban J connectivity index is 2.53. The first-order valence-electron chi connectivity index (χ1n) is 4.74. The van der Waals surface area contributed by atoms with E-state index in [0.29, 0.717) is 0 Å². The maximum Gasteiger partial charge on any atom is -0.0155 e. The Morgan fingerprint density at radius 3 is 2.46 bits per heavy atom. The van der Waals surface area contributed by atoms with Crippen molar-refractivity contribution in [2.24, 2.45) is 0 Å². The fourth-order valence-electron chi connectivity index (χ4n) is 1.77. The van der Waals surface area contributed by atoms with Crippen LogP contribution in [0, 0.1) is 0 Å². The lowest BCUT2D eigenvalue weighted by Gasteiger charge is -2.07. The molecule has 2 rings (SSSR count). The summed E-state index contributed by atoms with van der Waals surface area (Å²) in [7, 11) is 0. The summed E-state index contributed by atoms with van der Waals surface area (Å²) in [6.45, 7) is 7.68. The summed E-state index contributed by atoms with van der Waals surface area (Å²) in [6.07, 6.45) is 6.52. The molecular formula is C13H14. The lowest BCUT2D eigenvalue weighted by Crippen LogP contribution is -1.88. The third kappa shape index (κ3) is 1.44. The summed E-state index contributed by atoms with van der Waals surface area (Å²) in [4.78, 5) is 0. The van der Waals surface area contributed by atoms with Gasteiger partial charge in [-0.15, -0.1) is 0 Å². The molecule has 0 heterocycles. The summed E-state index contributed by atoms with van der Waals surface area (Å²) in [6, 6.07) is 6.41. The lowest BCUT2D eigenvalue weighted by atomic mass is 9.98. The van der Waals surface area contributed by atoms with Crippen molar-refractivity contribution >= 4 is 12.2 Å². The molecule has 0 radical (unpaired) electrons. The maximum atomic E-state index is 3.86. The molecule has 13 heavy (non-hydrogen) atoms. The van der Waals surface area contributed by atoms with Crippen molar-refractivity contribution in [1.82, 2.24) is 0 Å². The smallest absolute Gasteiger partial charge is 0.0155 e. The number of benzene rings is 1. The van der Waals surface area contributed by atoms with Crippen LogP contribution in [0.3, 0.4) is 0 Å². The van der Waals surface area contributed by atoms with Crippen LogP contribution in [0.4, 0.5) is 0 Å². The van der Waals surface area contributed by atoms with Crippen molar-refractivity contribution in [3.8, 4) is 0 Å². The van der Waals surface area contributed by atoms with Gasteiger partial charge in [-0.1, -0.05) is 43.5 Å². The van der Waals surface area contributed by atoms with Gasteiger partial charge >= 0.3 is 0 Å². The van der Waals surface area contributed by atoms with Gasteiger partial charge in [0.15, 0.2) is 0 Å². The highest BCUT2D eigenvalue weighted by Gasteiger charge is 2.25. The molecular weight excluding hydrogens is 156 g/mol. The van der Waals surface area contributed by atoms with E-state index in [1.807, 2.05) is 12.2 Å². The van der Waals surface area contributed by atoms with E-state index >= 15 is 0 Å². The first-order valence-corrected chi connectivity index (χ1v) is 4.74. The van der Waals surface area contributed by atoms with Crippen LogP contribution < -0.4 is 0 Å². The van der Waals surface area contributed by atoms with Gasteiger partial charge in [-0.25, -0.2) is 0 Å². The van der Waals surface area contributed by atoms with Crippen molar-refractivity contribution in [1.29, 1.82) is 0 Å². The van der Waals surface area contributed by atoms with Crippen molar-refractivity contribution in [3.05, 3.63) is 48.0 Å². The molecule has 0 amide bonds. The summed E-state index contributed by atoms with van der Waals surface area (Å²) >= 11 is 0. The summed E-state index contributed by atoms with van der Waals surface area (Å²) in [5.41, 5.74) is 3.94. The molecule has 0 N–H and O–H groups in total. The summed E-state index contributed by atoms with van der Waals surface area (Å²) in [5.74, 6) is 0.785. The Bertz CT molecular complexity index is 343. The first kappa shape index (κ1) is 8.31. The van der Waals surface area contributed by atoms with Gasteiger partial charge in [-0.3, -0.25) is 0 Å². The molecule has 0 bridgehead atoms. The van der Waals surface area contributed by atoms with Crippen LogP contribution in [0.2, 0.25) is 0 Å². The minimum absolute atomic E-state index is 0.785. The third-order valence-electron chi connectivity index (χ3n) is 2.61. The molecule has 1 saturated carbocycles. The second-order valence-electron chi connectivity index (χ2n) is 3.53. The van der Waals surface area contributed by atoms with E-state index in [4.69, 9.17) is 0 Å². The van der Waals surface area contributed by atoms with Gasteiger partial charge in [-0.05, 0) is 35.4 Å². The normalized spacial score (nSPS) is 15.4. The van der Waals surface area contributed by atoms with E-state index in [1.54, 1.807) is 0 Å². The Hall–Kier alpha value is -1.30. The summed E-state index contributed by atoms with van der Waals surface area (Å²) in [5, 5.41) is 0. The molecule has 0 unspecified atom stereocenters. The molecule has 1 aromatic carbocycles. The number of hydrogen-bond donors (Lipinski definition) is 0.